The van der Waals surface area contributed by atoms with E-state index >= 15 is 0 Å². The predicted octanol–water partition coefficient (Wildman–Crippen LogP) is 4.21. The zero-order chi connectivity index (χ0) is 21.6. The molecule has 0 unspecified atom stereocenters. The summed E-state index contributed by atoms with van der Waals surface area (Å²) in [5, 5.41) is 0. The number of ether oxygens (including phenoxy) is 3. The summed E-state index contributed by atoms with van der Waals surface area (Å²) in [4.78, 5) is 4.93. The van der Waals surface area contributed by atoms with Gasteiger partial charge in [0.25, 0.3) is 0 Å². The minimum atomic E-state index is 0.292. The molecule has 0 bridgehead atoms. The van der Waals surface area contributed by atoms with Crippen LogP contribution in [-0.2, 0) is 17.8 Å². The summed E-state index contributed by atoms with van der Waals surface area (Å²) in [7, 11) is 1.69. The van der Waals surface area contributed by atoms with E-state index in [0.29, 0.717) is 12.2 Å². The fraction of sp³-hybridized carbons (Fsp3) is 0.462. The number of methoxy groups -OCH3 is 1. The summed E-state index contributed by atoms with van der Waals surface area (Å²) in [5.74, 6) is 1.91. The number of fused-ring (bicyclic) bond motifs is 1. The highest BCUT2D eigenvalue weighted by Crippen LogP contribution is 2.26. The van der Waals surface area contributed by atoms with Crippen LogP contribution < -0.4 is 9.47 Å². The Morgan fingerprint density at radius 1 is 1.03 bits per heavy atom. The molecule has 2 heterocycles. The van der Waals surface area contributed by atoms with Crippen LogP contribution in [0, 0.1) is 0 Å². The van der Waals surface area contributed by atoms with Crippen LogP contribution in [0.4, 0.5) is 0 Å². The van der Waals surface area contributed by atoms with E-state index < -0.39 is 0 Å². The zero-order valence-electron chi connectivity index (χ0n) is 18.9. The van der Waals surface area contributed by atoms with Gasteiger partial charge in [-0.3, -0.25) is 9.80 Å². The fourth-order valence-electron chi connectivity index (χ4n) is 4.48. The first kappa shape index (κ1) is 21.9. The monoisotopic (exact) mass is 422 g/mol. The van der Waals surface area contributed by atoms with Gasteiger partial charge in [0.15, 0.2) is 0 Å². The molecule has 0 aliphatic carbocycles. The van der Waals surface area contributed by atoms with Crippen molar-refractivity contribution in [3.8, 4) is 11.5 Å². The van der Waals surface area contributed by atoms with Crippen LogP contribution in [0.3, 0.4) is 0 Å². The van der Waals surface area contributed by atoms with Crippen LogP contribution in [0.2, 0.25) is 0 Å². The number of hydrogen-bond acceptors (Lipinski definition) is 5. The Labute approximate surface area is 186 Å². The number of morpholine rings is 1. The van der Waals surface area contributed by atoms with E-state index in [-0.39, 0.29) is 0 Å². The van der Waals surface area contributed by atoms with Crippen molar-refractivity contribution in [2.45, 2.75) is 39.1 Å². The summed E-state index contributed by atoms with van der Waals surface area (Å²) in [6, 6.07) is 14.8. The molecule has 5 heteroatoms. The minimum Gasteiger partial charge on any atom is -0.497 e. The lowest BCUT2D eigenvalue weighted by Crippen LogP contribution is -2.44. The predicted molar refractivity (Wildman–Crippen MR) is 125 cm³/mol. The van der Waals surface area contributed by atoms with Crippen molar-refractivity contribution in [3.63, 3.8) is 0 Å². The maximum atomic E-state index is 6.03. The van der Waals surface area contributed by atoms with Crippen LogP contribution in [0.15, 0.2) is 48.5 Å². The van der Waals surface area contributed by atoms with Crippen molar-refractivity contribution in [1.29, 1.82) is 0 Å². The van der Waals surface area contributed by atoms with Gasteiger partial charge in [-0.15, -0.1) is 0 Å². The second-order valence-electron chi connectivity index (χ2n) is 8.65. The average molecular weight is 423 g/mol. The third-order valence-electron chi connectivity index (χ3n) is 5.88. The lowest BCUT2D eigenvalue weighted by atomic mass is 10.1. The van der Waals surface area contributed by atoms with Gasteiger partial charge in [0.05, 0.1) is 19.3 Å². The Kier molecular flexibility index (Phi) is 7.28. The van der Waals surface area contributed by atoms with Gasteiger partial charge in [0, 0.05) is 44.8 Å². The molecule has 2 atom stereocenters. The van der Waals surface area contributed by atoms with Crippen LogP contribution in [-0.4, -0.2) is 61.9 Å². The second-order valence-corrected chi connectivity index (χ2v) is 8.65. The zero-order valence-corrected chi connectivity index (χ0v) is 18.9. The van der Waals surface area contributed by atoms with E-state index in [1.165, 1.54) is 16.7 Å². The highest BCUT2D eigenvalue weighted by molar-refractivity contribution is 5.50. The lowest BCUT2D eigenvalue weighted by Gasteiger charge is -2.35. The average Bonchev–Trinajstić information content (AvgIpc) is 2.95. The number of hydrogen-bond donors (Lipinski definition) is 0. The largest absolute Gasteiger partial charge is 0.497 e. The molecule has 2 aromatic carbocycles. The summed E-state index contributed by atoms with van der Waals surface area (Å²) in [6.45, 7) is 10.7. The molecule has 0 spiro atoms. The van der Waals surface area contributed by atoms with Gasteiger partial charge >= 0.3 is 0 Å². The Balaban J connectivity index is 1.37. The quantitative estimate of drug-likeness (QED) is 0.697. The van der Waals surface area contributed by atoms with Crippen molar-refractivity contribution in [2.75, 3.05) is 39.9 Å². The molecule has 0 N–H and O–H groups in total. The third kappa shape index (κ3) is 6.10. The topological polar surface area (TPSA) is 34.2 Å². The fourth-order valence-corrected chi connectivity index (χ4v) is 4.48. The van der Waals surface area contributed by atoms with Crippen LogP contribution in [0.1, 0.15) is 30.5 Å². The molecule has 2 aromatic rings. The lowest BCUT2D eigenvalue weighted by molar-refractivity contribution is -0.0704. The van der Waals surface area contributed by atoms with Crippen molar-refractivity contribution < 1.29 is 14.2 Å². The van der Waals surface area contributed by atoms with Gasteiger partial charge in [-0.1, -0.05) is 30.4 Å². The molecule has 5 nitrogen and oxygen atoms in total. The molecule has 31 heavy (non-hydrogen) atoms. The van der Waals surface area contributed by atoms with Crippen molar-refractivity contribution in [3.05, 3.63) is 65.2 Å². The second kappa shape index (κ2) is 10.3. The molecule has 1 saturated heterocycles. The Hall–Kier alpha value is -2.34. The maximum Gasteiger partial charge on any atom is 0.123 e. The van der Waals surface area contributed by atoms with Crippen molar-refractivity contribution >= 4 is 6.08 Å². The highest BCUT2D eigenvalue weighted by atomic mass is 16.5. The van der Waals surface area contributed by atoms with Crippen molar-refractivity contribution in [1.82, 2.24) is 9.80 Å². The van der Waals surface area contributed by atoms with Gasteiger partial charge in [0.1, 0.15) is 18.1 Å². The van der Waals surface area contributed by atoms with Crippen LogP contribution in [0.25, 0.3) is 6.08 Å². The van der Waals surface area contributed by atoms with E-state index in [1.54, 1.807) is 7.11 Å². The first-order valence-electron chi connectivity index (χ1n) is 11.2. The van der Waals surface area contributed by atoms with Gasteiger partial charge in [0.2, 0.25) is 0 Å². The Morgan fingerprint density at radius 3 is 2.55 bits per heavy atom. The SMILES string of the molecule is COc1ccc(/C=C/CN2CCOc3ccc(CN4C[C@@H](C)O[C@@H](C)C4)cc3C2)cc1. The van der Waals surface area contributed by atoms with Crippen molar-refractivity contribution in [2.24, 2.45) is 0 Å². The van der Waals surface area contributed by atoms with Gasteiger partial charge in [-0.25, -0.2) is 0 Å². The number of benzene rings is 2. The van der Waals surface area contributed by atoms with Gasteiger partial charge < -0.3 is 14.2 Å². The normalized spacial score (nSPS) is 22.7. The maximum absolute atomic E-state index is 6.03. The summed E-state index contributed by atoms with van der Waals surface area (Å²) < 4.78 is 17.1. The first-order valence-corrected chi connectivity index (χ1v) is 11.2. The molecule has 2 aliphatic rings. The molecular formula is C26H34N2O3. The summed E-state index contributed by atoms with van der Waals surface area (Å²) >= 11 is 0. The molecule has 1 fully saturated rings. The smallest absolute Gasteiger partial charge is 0.123 e. The van der Waals surface area contributed by atoms with E-state index in [9.17, 15) is 0 Å². The van der Waals surface area contributed by atoms with E-state index in [2.05, 4.69) is 66.1 Å². The third-order valence-corrected chi connectivity index (χ3v) is 5.88. The minimum absolute atomic E-state index is 0.292. The molecule has 166 valence electrons. The molecule has 2 aliphatic heterocycles. The number of rotatable bonds is 6. The molecular weight excluding hydrogens is 388 g/mol. The van der Waals surface area contributed by atoms with E-state index in [4.69, 9.17) is 14.2 Å². The molecule has 4 rings (SSSR count). The first-order chi connectivity index (χ1) is 15.1. The van der Waals surface area contributed by atoms with Crippen LogP contribution in [0.5, 0.6) is 11.5 Å². The Morgan fingerprint density at radius 2 is 1.81 bits per heavy atom. The van der Waals surface area contributed by atoms with Gasteiger partial charge in [-0.2, -0.15) is 0 Å². The van der Waals surface area contributed by atoms with Crippen LogP contribution >= 0.6 is 0 Å². The standard InChI is InChI=1S/C26H34N2O3/c1-20-16-28(17-21(2)31-20)18-23-8-11-26-24(15-23)19-27(13-14-30-26)12-4-5-22-6-9-25(29-3)10-7-22/h4-11,15,20-21H,12-14,16-19H2,1-3H3/b5-4+/t20-,21+. The highest BCUT2D eigenvalue weighted by Gasteiger charge is 2.22. The summed E-state index contributed by atoms with van der Waals surface area (Å²) in [6.07, 6.45) is 4.98. The summed E-state index contributed by atoms with van der Waals surface area (Å²) in [5.41, 5.74) is 3.81. The van der Waals surface area contributed by atoms with Gasteiger partial charge in [-0.05, 0) is 49.2 Å². The Bertz CT molecular complexity index is 871. The van der Waals surface area contributed by atoms with E-state index in [1.807, 2.05) is 12.1 Å². The van der Waals surface area contributed by atoms with E-state index in [0.717, 1.165) is 57.4 Å². The molecule has 0 aromatic heterocycles. The molecule has 0 amide bonds. The number of nitrogens with zero attached hydrogens (tertiary/aromatic N) is 2. The molecule has 0 radical (unpaired) electrons. The molecule has 0 saturated carbocycles.